The standard InChI is InChI=1S/C37H24N2.C36H23N3.C31H20N2.C30H19N3/c1-2-12-25(13-3-1)26-14-10-15-27(24-26)39-34-22-11-20-31-29-17-5-4-16-28(29)30-18-6-7-19-32(30)36(35(31)34)37(39)33-21-8-9-23-38-33;1-2-12-24(13-3-1)30-20-11-22-33(38-30)39-32-21-10-18-28-26-15-5-4-14-25(26)27-16-6-7-17-29(27)35(34(28)32)36(39)31-19-8-9-23-37-31;1-2-11-21(12-3-1)33-28-19-10-17-25-23-14-5-4-13-22(23)24-15-6-7-16-26(24)30(29(25)28)31(33)27-18-8-9-20-32-27;1-2-11-21-20(10-1)22-12-3-4-13-24(22)29-28-23(21)14-9-16-26(28)33(27-17-6-8-19-32-27)30(29)25-15-5-7-18-31-25/h1-24H;1-23H;1-20H;1-19H. The van der Waals surface area contributed by atoms with Crippen molar-refractivity contribution in [1.29, 1.82) is 0 Å². The van der Waals surface area contributed by atoms with Crippen LogP contribution in [0.3, 0.4) is 0 Å². The van der Waals surface area contributed by atoms with Crippen molar-refractivity contribution in [2.75, 3.05) is 0 Å². The number of hydrogen-bond donors (Lipinski definition) is 0. The molecule has 0 spiro atoms. The molecular formula is C134H86N10. The van der Waals surface area contributed by atoms with Gasteiger partial charge in [0, 0.05) is 91.7 Å². The van der Waals surface area contributed by atoms with Crippen LogP contribution in [0, 0.1) is 0 Å². The van der Waals surface area contributed by atoms with Crippen LogP contribution in [-0.4, -0.2) is 48.2 Å². The fourth-order valence-corrected chi connectivity index (χ4v) is 22.7. The van der Waals surface area contributed by atoms with E-state index in [9.17, 15) is 0 Å². The minimum atomic E-state index is 0.872. The molecule has 0 N–H and O–H groups in total. The van der Waals surface area contributed by atoms with Crippen LogP contribution in [0.4, 0.5) is 0 Å². The van der Waals surface area contributed by atoms with Gasteiger partial charge in [0.2, 0.25) is 0 Å². The Kier molecular flexibility index (Phi) is 20.7. The number of rotatable bonds is 10. The number of nitrogens with zero attached hydrogens (tertiary/aromatic N) is 10. The van der Waals surface area contributed by atoms with Gasteiger partial charge in [-0.1, -0.05) is 370 Å². The Bertz CT molecular complexity index is 8930. The number of fused-ring (bicyclic) bond motifs is 20. The molecule has 0 saturated carbocycles. The summed E-state index contributed by atoms with van der Waals surface area (Å²) >= 11 is 0. The minimum Gasteiger partial charge on any atom is -0.307 e. The van der Waals surface area contributed by atoms with Crippen molar-refractivity contribution >= 4 is 43.6 Å². The van der Waals surface area contributed by atoms with Gasteiger partial charge in [0.1, 0.15) is 11.6 Å². The van der Waals surface area contributed by atoms with Crippen molar-refractivity contribution < 1.29 is 0 Å². The first kappa shape index (κ1) is 83.9. The van der Waals surface area contributed by atoms with Crippen LogP contribution >= 0.6 is 0 Å². The van der Waals surface area contributed by atoms with Gasteiger partial charge in [-0.3, -0.25) is 29.1 Å². The third-order valence-electron chi connectivity index (χ3n) is 28.6. The summed E-state index contributed by atoms with van der Waals surface area (Å²) in [6.07, 6.45) is 9.36. The average Bonchev–Trinajstić information content (AvgIpc) is 1.56. The summed E-state index contributed by atoms with van der Waals surface area (Å²) in [5, 5.41) is 5.00. The van der Waals surface area contributed by atoms with Gasteiger partial charge in [0.15, 0.2) is 0 Å². The lowest BCUT2D eigenvalue weighted by Gasteiger charge is -2.16. The first-order valence-electron chi connectivity index (χ1n) is 48.9. The SMILES string of the molecule is c1ccc(-c2c3c4c(cccc4n2-c2ccccn2)-c2ccccc2-c2ccccc2-3)nc1.c1ccc(-c2cccc(-n3c(-c4ccccn4)c4c5c(cccc53)-c3ccccc3-c3ccccc3-4)c2)cc1.c1ccc(-c2cccc(-n3c(-c4ccccn4)c4c5c(cccc53)-c3ccccc3-c3ccccc3-4)n2)cc1.c1ccc(-n2c(-c3ccccn3)c3c4c(cccc42)-c2ccccc2-c2ccccc2-3)cc1. The maximum absolute atomic E-state index is 5.21. The van der Waals surface area contributed by atoms with Crippen LogP contribution in [0.2, 0.25) is 0 Å². The molecule has 0 amide bonds. The molecule has 0 atom stereocenters. The predicted octanol–water partition coefficient (Wildman–Crippen LogP) is 34.2. The summed E-state index contributed by atoms with van der Waals surface area (Å²) in [4.78, 5) is 29.4. The maximum atomic E-state index is 5.21. The van der Waals surface area contributed by atoms with E-state index in [0.717, 1.165) is 90.9 Å². The lowest BCUT2D eigenvalue weighted by Crippen LogP contribution is -2.02. The fraction of sp³-hybridized carbons (Fsp3) is 0. The number of aromatic nitrogens is 10. The number of benzene rings is 16. The molecular weight excluding hydrogens is 1750 g/mol. The van der Waals surface area contributed by atoms with Crippen molar-refractivity contribution in [3.8, 4) is 224 Å². The second kappa shape index (κ2) is 35.5. The quantitative estimate of drug-likeness (QED) is 0.135. The summed E-state index contributed by atoms with van der Waals surface area (Å²) < 4.78 is 9.35. The van der Waals surface area contributed by atoms with E-state index in [1.54, 1.807) is 0 Å². The second-order valence-corrected chi connectivity index (χ2v) is 36.4. The van der Waals surface area contributed by atoms with Gasteiger partial charge in [-0.2, -0.15) is 0 Å². The van der Waals surface area contributed by atoms with Crippen molar-refractivity contribution in [3.05, 3.63) is 522 Å². The third kappa shape index (κ3) is 13.9. The lowest BCUT2D eigenvalue weighted by molar-refractivity contribution is 1.04. The molecule has 16 aromatic carbocycles. The lowest BCUT2D eigenvalue weighted by atomic mass is 9.93. The number of pyridine rings is 6. The monoisotopic (exact) mass is 1830 g/mol. The van der Waals surface area contributed by atoms with Crippen molar-refractivity contribution in [3.63, 3.8) is 0 Å². The van der Waals surface area contributed by atoms with E-state index in [0.29, 0.717) is 0 Å². The molecule has 10 aromatic heterocycles. The normalized spacial score (nSPS) is 11.6. The van der Waals surface area contributed by atoms with Crippen LogP contribution in [0.25, 0.3) is 268 Å². The summed E-state index contributed by atoms with van der Waals surface area (Å²) in [6.45, 7) is 0. The van der Waals surface area contributed by atoms with E-state index < -0.39 is 0 Å². The van der Waals surface area contributed by atoms with E-state index >= 15 is 0 Å². The van der Waals surface area contributed by atoms with Gasteiger partial charge >= 0.3 is 0 Å². The predicted molar refractivity (Wildman–Crippen MR) is 592 cm³/mol. The Balaban J connectivity index is 0.0000000959. The van der Waals surface area contributed by atoms with Crippen LogP contribution in [0.5, 0.6) is 0 Å². The first-order valence-corrected chi connectivity index (χ1v) is 48.9. The topological polar surface area (TPSA) is 97.1 Å². The van der Waals surface area contributed by atoms with Crippen LogP contribution in [0.1, 0.15) is 0 Å². The van der Waals surface area contributed by atoms with E-state index in [2.05, 4.69) is 461 Å². The van der Waals surface area contributed by atoms with Crippen LogP contribution in [0.15, 0.2) is 522 Å². The molecule has 10 nitrogen and oxygen atoms in total. The van der Waals surface area contributed by atoms with Crippen LogP contribution < -0.4 is 0 Å². The van der Waals surface area contributed by atoms with Gasteiger partial charge in [-0.05, 0) is 244 Å². The Morgan fingerprint density at radius 2 is 0.368 bits per heavy atom. The molecule has 144 heavy (non-hydrogen) atoms. The highest BCUT2D eigenvalue weighted by atomic mass is 15.1. The minimum absolute atomic E-state index is 0.872. The van der Waals surface area contributed by atoms with Crippen LogP contribution in [-0.2, 0) is 0 Å². The highest BCUT2D eigenvalue weighted by Gasteiger charge is 2.36. The molecule has 4 aliphatic rings. The molecule has 30 rings (SSSR count). The Morgan fingerprint density at radius 3 is 0.708 bits per heavy atom. The molecule has 0 radical (unpaired) electrons. The van der Waals surface area contributed by atoms with Gasteiger partial charge in [-0.25, -0.2) is 9.97 Å². The van der Waals surface area contributed by atoms with Gasteiger partial charge in [-0.15, -0.1) is 0 Å². The first-order chi connectivity index (χ1) is 71.6. The fourth-order valence-electron chi connectivity index (χ4n) is 22.7. The second-order valence-electron chi connectivity index (χ2n) is 36.4. The Labute approximate surface area is 832 Å². The maximum Gasteiger partial charge on any atom is 0.138 e. The summed E-state index contributed by atoms with van der Waals surface area (Å²) in [7, 11) is 0. The highest BCUT2D eigenvalue weighted by molar-refractivity contribution is 6.23. The Morgan fingerprint density at radius 1 is 0.139 bits per heavy atom. The molecule has 0 unspecified atom stereocenters. The van der Waals surface area contributed by atoms with Gasteiger partial charge in [0.25, 0.3) is 0 Å². The molecule has 0 saturated heterocycles. The van der Waals surface area contributed by atoms with Gasteiger partial charge in [0.05, 0.1) is 73.3 Å². The zero-order valence-electron chi connectivity index (χ0n) is 78.1. The smallest absolute Gasteiger partial charge is 0.138 e. The largest absolute Gasteiger partial charge is 0.307 e. The van der Waals surface area contributed by atoms with Crippen molar-refractivity contribution in [2.24, 2.45) is 0 Å². The van der Waals surface area contributed by atoms with E-state index in [4.69, 9.17) is 29.9 Å². The zero-order chi connectivity index (χ0) is 95.1. The summed E-state index contributed by atoms with van der Waals surface area (Å²) in [5.41, 5.74) is 49.3. The molecule has 0 bridgehead atoms. The van der Waals surface area contributed by atoms with E-state index in [-0.39, 0.29) is 0 Å². The zero-order valence-corrected chi connectivity index (χ0v) is 78.1. The Hall–Kier alpha value is -19.4. The molecule has 10 heteroatoms. The van der Waals surface area contributed by atoms with Gasteiger partial charge < -0.3 is 9.13 Å². The number of para-hydroxylation sites is 1. The van der Waals surface area contributed by atoms with E-state index in [1.807, 2.05) is 79.5 Å². The average molecular weight is 1840 g/mol. The molecule has 0 aliphatic heterocycles. The summed E-state index contributed by atoms with van der Waals surface area (Å²) in [6, 6.07) is 174. The highest BCUT2D eigenvalue weighted by Crippen LogP contribution is 2.59. The molecule has 26 aromatic rings. The van der Waals surface area contributed by atoms with Crippen molar-refractivity contribution in [2.45, 2.75) is 0 Å². The molecule has 4 aliphatic carbocycles. The molecule has 672 valence electrons. The van der Waals surface area contributed by atoms with Crippen molar-refractivity contribution in [1.82, 2.24) is 48.2 Å². The van der Waals surface area contributed by atoms with E-state index in [1.165, 1.54) is 177 Å². The summed E-state index contributed by atoms with van der Waals surface area (Å²) in [5.74, 6) is 1.76. The third-order valence-corrected chi connectivity index (χ3v) is 28.6. The molecule has 0 fully saturated rings. The molecule has 10 heterocycles. The number of hydrogen-bond acceptors (Lipinski definition) is 6.